The molecule has 0 aromatic rings. The van der Waals surface area contributed by atoms with Crippen molar-refractivity contribution in [1.29, 1.82) is 0 Å². The SMILES string of the molecule is CC1(C)C(CBr)CCS1(=O)=O. The van der Waals surface area contributed by atoms with Crippen LogP contribution in [0.3, 0.4) is 0 Å². The Morgan fingerprint density at radius 1 is 1.55 bits per heavy atom. The zero-order chi connectivity index (χ0) is 8.70. The minimum absolute atomic E-state index is 0.285. The van der Waals surface area contributed by atoms with Gasteiger partial charge in [-0.05, 0) is 26.2 Å². The lowest BCUT2D eigenvalue weighted by molar-refractivity contribution is 0.465. The molecule has 0 radical (unpaired) electrons. The highest BCUT2D eigenvalue weighted by Gasteiger charge is 2.46. The first-order valence-corrected chi connectivity index (χ1v) is 6.47. The Morgan fingerprint density at radius 2 is 2.09 bits per heavy atom. The standard InChI is InChI=1S/C7H13BrO2S/c1-7(2)6(5-8)3-4-11(7,9)10/h6H,3-5H2,1-2H3. The van der Waals surface area contributed by atoms with Crippen molar-refractivity contribution >= 4 is 25.8 Å². The average molecular weight is 241 g/mol. The molecular weight excluding hydrogens is 228 g/mol. The predicted molar refractivity (Wildman–Crippen MR) is 49.8 cm³/mol. The molecule has 1 saturated heterocycles. The molecule has 0 bridgehead atoms. The van der Waals surface area contributed by atoms with E-state index in [2.05, 4.69) is 15.9 Å². The molecule has 1 rings (SSSR count). The van der Waals surface area contributed by atoms with Crippen molar-refractivity contribution < 1.29 is 8.42 Å². The second-order valence-corrected chi connectivity index (χ2v) is 6.90. The number of rotatable bonds is 1. The molecule has 1 aliphatic heterocycles. The minimum atomic E-state index is -2.82. The molecule has 0 aromatic heterocycles. The summed E-state index contributed by atoms with van der Waals surface area (Å²) in [7, 11) is -2.82. The van der Waals surface area contributed by atoms with Gasteiger partial charge in [0.15, 0.2) is 9.84 Å². The molecule has 0 aromatic carbocycles. The van der Waals surface area contributed by atoms with E-state index in [0.29, 0.717) is 5.75 Å². The van der Waals surface area contributed by atoms with E-state index in [4.69, 9.17) is 0 Å². The third kappa shape index (κ3) is 1.35. The van der Waals surface area contributed by atoms with Crippen molar-refractivity contribution in [3.05, 3.63) is 0 Å². The minimum Gasteiger partial charge on any atom is -0.228 e. The maximum atomic E-state index is 11.4. The van der Waals surface area contributed by atoms with Crippen molar-refractivity contribution in [2.75, 3.05) is 11.1 Å². The van der Waals surface area contributed by atoms with Gasteiger partial charge in [0.25, 0.3) is 0 Å². The fourth-order valence-electron chi connectivity index (χ4n) is 1.42. The van der Waals surface area contributed by atoms with E-state index in [0.717, 1.165) is 11.8 Å². The van der Waals surface area contributed by atoms with Crippen molar-refractivity contribution in [2.45, 2.75) is 25.0 Å². The predicted octanol–water partition coefficient (Wildman–Crippen LogP) is 1.59. The third-order valence-corrected chi connectivity index (χ3v) is 6.20. The van der Waals surface area contributed by atoms with Crippen LogP contribution in [0.2, 0.25) is 0 Å². The Hall–Kier alpha value is 0.430. The molecule has 0 aliphatic carbocycles. The van der Waals surface area contributed by atoms with Crippen LogP contribution in [0.15, 0.2) is 0 Å². The summed E-state index contributed by atoms with van der Waals surface area (Å²) in [4.78, 5) is 0. The Morgan fingerprint density at radius 3 is 2.27 bits per heavy atom. The number of sulfone groups is 1. The number of alkyl halides is 1. The van der Waals surface area contributed by atoms with Gasteiger partial charge in [-0.25, -0.2) is 8.42 Å². The molecule has 4 heteroatoms. The molecule has 1 heterocycles. The average Bonchev–Trinajstić information content (AvgIpc) is 2.05. The van der Waals surface area contributed by atoms with Crippen LogP contribution in [0.4, 0.5) is 0 Å². The van der Waals surface area contributed by atoms with Crippen LogP contribution in [0.5, 0.6) is 0 Å². The molecule has 11 heavy (non-hydrogen) atoms. The third-order valence-electron chi connectivity index (χ3n) is 2.71. The molecule has 1 unspecified atom stereocenters. The van der Waals surface area contributed by atoms with Gasteiger partial charge in [0.1, 0.15) is 0 Å². The van der Waals surface area contributed by atoms with Gasteiger partial charge in [-0.15, -0.1) is 0 Å². The molecule has 0 spiro atoms. The second kappa shape index (κ2) is 2.73. The van der Waals surface area contributed by atoms with Crippen LogP contribution in [0.1, 0.15) is 20.3 Å². The molecular formula is C7H13BrO2S. The van der Waals surface area contributed by atoms with Gasteiger partial charge in [0.2, 0.25) is 0 Å². The van der Waals surface area contributed by atoms with Crippen molar-refractivity contribution in [1.82, 2.24) is 0 Å². The molecule has 0 N–H and O–H groups in total. The molecule has 1 aliphatic rings. The van der Waals surface area contributed by atoms with Gasteiger partial charge < -0.3 is 0 Å². The summed E-state index contributed by atoms with van der Waals surface area (Å²) < 4.78 is 22.3. The van der Waals surface area contributed by atoms with Crippen LogP contribution >= 0.6 is 15.9 Å². The van der Waals surface area contributed by atoms with E-state index >= 15 is 0 Å². The Kier molecular flexibility index (Phi) is 2.36. The lowest BCUT2D eigenvalue weighted by Crippen LogP contribution is -2.34. The van der Waals surface area contributed by atoms with E-state index in [1.165, 1.54) is 0 Å². The van der Waals surface area contributed by atoms with Crippen LogP contribution < -0.4 is 0 Å². The van der Waals surface area contributed by atoms with Gasteiger partial charge in [-0.2, -0.15) is 0 Å². The van der Waals surface area contributed by atoms with E-state index in [-0.39, 0.29) is 5.92 Å². The van der Waals surface area contributed by atoms with Crippen LogP contribution in [-0.4, -0.2) is 24.2 Å². The van der Waals surface area contributed by atoms with Crippen LogP contribution in [-0.2, 0) is 9.84 Å². The summed E-state index contributed by atoms with van der Waals surface area (Å²) in [6, 6.07) is 0. The first kappa shape index (κ1) is 9.52. The van der Waals surface area contributed by atoms with Gasteiger partial charge in [0, 0.05) is 5.33 Å². The Bertz CT molecular complexity index is 243. The normalized spacial score (nSPS) is 33.9. The fourth-order valence-corrected chi connectivity index (χ4v) is 4.60. The summed E-state index contributed by atoms with van der Waals surface area (Å²) >= 11 is 3.34. The van der Waals surface area contributed by atoms with E-state index in [1.54, 1.807) is 0 Å². The summed E-state index contributed by atoms with van der Waals surface area (Å²) in [5.74, 6) is 0.642. The highest BCUT2D eigenvalue weighted by molar-refractivity contribution is 9.09. The monoisotopic (exact) mass is 240 g/mol. The molecule has 1 fully saturated rings. The Labute approximate surface area is 76.4 Å². The highest BCUT2D eigenvalue weighted by atomic mass is 79.9. The smallest absolute Gasteiger partial charge is 0.155 e. The molecule has 0 amide bonds. The molecule has 1 atom stereocenters. The summed E-state index contributed by atoms with van der Waals surface area (Å²) in [6.45, 7) is 3.64. The van der Waals surface area contributed by atoms with Crippen LogP contribution in [0, 0.1) is 5.92 Å². The first-order chi connectivity index (χ1) is 4.92. The maximum Gasteiger partial charge on any atom is 0.155 e. The summed E-state index contributed by atoms with van der Waals surface area (Å²) in [5.41, 5.74) is 0. The highest BCUT2D eigenvalue weighted by Crippen LogP contribution is 2.37. The van der Waals surface area contributed by atoms with Gasteiger partial charge >= 0.3 is 0 Å². The van der Waals surface area contributed by atoms with Crippen molar-refractivity contribution in [3.63, 3.8) is 0 Å². The fraction of sp³-hybridized carbons (Fsp3) is 1.00. The zero-order valence-electron chi connectivity index (χ0n) is 6.80. The van der Waals surface area contributed by atoms with Crippen molar-refractivity contribution in [2.24, 2.45) is 5.92 Å². The molecule has 66 valence electrons. The maximum absolute atomic E-state index is 11.4. The largest absolute Gasteiger partial charge is 0.228 e. The van der Waals surface area contributed by atoms with Gasteiger partial charge in [-0.1, -0.05) is 15.9 Å². The molecule has 2 nitrogen and oxygen atoms in total. The number of hydrogen-bond donors (Lipinski definition) is 0. The topological polar surface area (TPSA) is 34.1 Å². The first-order valence-electron chi connectivity index (χ1n) is 3.70. The van der Waals surface area contributed by atoms with E-state index in [9.17, 15) is 8.42 Å². The lowest BCUT2D eigenvalue weighted by atomic mass is 9.95. The zero-order valence-corrected chi connectivity index (χ0v) is 9.20. The Balaban J connectivity index is 3.00. The summed E-state index contributed by atoms with van der Waals surface area (Å²) in [6.07, 6.45) is 0.806. The number of hydrogen-bond acceptors (Lipinski definition) is 2. The van der Waals surface area contributed by atoms with Crippen LogP contribution in [0.25, 0.3) is 0 Å². The van der Waals surface area contributed by atoms with Gasteiger partial charge in [0.05, 0.1) is 10.5 Å². The van der Waals surface area contributed by atoms with Gasteiger partial charge in [-0.3, -0.25) is 0 Å². The lowest BCUT2D eigenvalue weighted by Gasteiger charge is -2.23. The second-order valence-electron chi connectivity index (χ2n) is 3.56. The van der Waals surface area contributed by atoms with Crippen molar-refractivity contribution in [3.8, 4) is 0 Å². The molecule has 0 saturated carbocycles. The van der Waals surface area contributed by atoms with E-state index in [1.807, 2.05) is 13.8 Å². The quantitative estimate of drug-likeness (QED) is 0.653. The summed E-state index contributed by atoms with van der Waals surface area (Å²) in [5, 5.41) is 0.791. The van der Waals surface area contributed by atoms with E-state index < -0.39 is 14.6 Å². The number of halogens is 1.